The van der Waals surface area contributed by atoms with Crippen LogP contribution in [0.15, 0.2) is 18.3 Å². The number of amides is 2. The lowest BCUT2D eigenvalue weighted by Crippen LogP contribution is -2.34. The quantitative estimate of drug-likeness (QED) is 0.796. The second kappa shape index (κ2) is 7.35. The Morgan fingerprint density at radius 2 is 2.05 bits per heavy atom. The van der Waals surface area contributed by atoms with Gasteiger partial charge in [0.1, 0.15) is 5.75 Å². The molecule has 0 aromatic carbocycles. The molecular weight excluding hydrogens is 246 g/mol. The van der Waals surface area contributed by atoms with E-state index in [0.717, 1.165) is 0 Å². The third-order valence-corrected chi connectivity index (χ3v) is 2.74. The van der Waals surface area contributed by atoms with Gasteiger partial charge >= 0.3 is 0 Å². The number of nitrogens with zero attached hydrogens (tertiary/aromatic N) is 2. The predicted molar refractivity (Wildman–Crippen MR) is 70.8 cm³/mol. The third kappa shape index (κ3) is 4.24. The van der Waals surface area contributed by atoms with E-state index in [-0.39, 0.29) is 30.3 Å². The van der Waals surface area contributed by atoms with Gasteiger partial charge in [-0.1, -0.05) is 0 Å². The molecule has 0 fully saturated rings. The van der Waals surface area contributed by atoms with Crippen LogP contribution in [0.3, 0.4) is 0 Å². The lowest BCUT2D eigenvalue weighted by Gasteiger charge is -2.18. The van der Waals surface area contributed by atoms with E-state index in [0.29, 0.717) is 13.1 Å². The Hall–Kier alpha value is -2.11. The van der Waals surface area contributed by atoms with Crippen molar-refractivity contribution in [2.45, 2.75) is 20.3 Å². The first-order chi connectivity index (χ1) is 9.10. The molecule has 1 aromatic rings. The van der Waals surface area contributed by atoms with Crippen molar-refractivity contribution in [3.05, 3.63) is 24.0 Å². The molecule has 0 aliphatic carbocycles. The van der Waals surface area contributed by atoms with Crippen molar-refractivity contribution in [2.75, 3.05) is 19.6 Å². The van der Waals surface area contributed by atoms with Crippen LogP contribution in [0.5, 0.6) is 5.75 Å². The van der Waals surface area contributed by atoms with Crippen molar-refractivity contribution < 1.29 is 14.7 Å². The summed E-state index contributed by atoms with van der Waals surface area (Å²) in [5, 5.41) is 12.0. The number of carbonyl (C=O) groups is 2. The fourth-order valence-electron chi connectivity index (χ4n) is 1.67. The molecule has 1 rings (SSSR count). The van der Waals surface area contributed by atoms with E-state index in [1.165, 1.54) is 18.3 Å². The van der Waals surface area contributed by atoms with Gasteiger partial charge in [-0.2, -0.15) is 0 Å². The summed E-state index contributed by atoms with van der Waals surface area (Å²) in [6.45, 7) is 5.36. The zero-order valence-corrected chi connectivity index (χ0v) is 11.2. The van der Waals surface area contributed by atoms with Crippen molar-refractivity contribution in [3.63, 3.8) is 0 Å². The van der Waals surface area contributed by atoms with Gasteiger partial charge in [-0.15, -0.1) is 0 Å². The van der Waals surface area contributed by atoms with Crippen molar-refractivity contribution >= 4 is 11.8 Å². The predicted octanol–water partition coefficient (Wildman–Crippen LogP) is 0.775. The number of hydrogen-bond donors (Lipinski definition) is 2. The Bertz CT molecular complexity index is 445. The zero-order valence-electron chi connectivity index (χ0n) is 11.2. The third-order valence-electron chi connectivity index (χ3n) is 2.74. The molecule has 2 amide bonds. The monoisotopic (exact) mass is 265 g/mol. The van der Waals surface area contributed by atoms with E-state index in [4.69, 9.17) is 0 Å². The molecule has 1 aromatic heterocycles. The zero-order chi connectivity index (χ0) is 14.3. The molecule has 0 spiro atoms. The maximum Gasteiger partial charge on any atom is 0.273 e. The van der Waals surface area contributed by atoms with Gasteiger partial charge in [-0.05, 0) is 26.0 Å². The Kier molecular flexibility index (Phi) is 5.78. The Labute approximate surface area is 112 Å². The Morgan fingerprint density at radius 3 is 2.63 bits per heavy atom. The molecule has 104 valence electrons. The number of nitrogens with one attached hydrogen (secondary N) is 1. The number of rotatable bonds is 6. The van der Waals surface area contributed by atoms with Crippen LogP contribution < -0.4 is 5.32 Å². The fourth-order valence-corrected chi connectivity index (χ4v) is 1.67. The van der Waals surface area contributed by atoms with Gasteiger partial charge in [0.25, 0.3) is 5.91 Å². The fraction of sp³-hybridized carbons (Fsp3) is 0.462. The summed E-state index contributed by atoms with van der Waals surface area (Å²) in [6, 6.07) is 2.93. The summed E-state index contributed by atoms with van der Waals surface area (Å²) in [6.07, 6.45) is 1.66. The minimum Gasteiger partial charge on any atom is -0.505 e. The summed E-state index contributed by atoms with van der Waals surface area (Å²) >= 11 is 0. The lowest BCUT2D eigenvalue weighted by molar-refractivity contribution is -0.130. The highest BCUT2D eigenvalue weighted by Crippen LogP contribution is 2.11. The van der Waals surface area contributed by atoms with Gasteiger partial charge in [0.05, 0.1) is 0 Å². The summed E-state index contributed by atoms with van der Waals surface area (Å²) < 4.78 is 0. The molecule has 0 saturated heterocycles. The molecule has 0 aliphatic rings. The smallest absolute Gasteiger partial charge is 0.273 e. The molecule has 2 N–H and O–H groups in total. The Balaban J connectivity index is 2.44. The summed E-state index contributed by atoms with van der Waals surface area (Å²) in [5.74, 6) is -0.656. The largest absolute Gasteiger partial charge is 0.505 e. The number of carbonyl (C=O) groups excluding carboxylic acids is 2. The first-order valence-corrected chi connectivity index (χ1v) is 6.30. The van der Waals surface area contributed by atoms with Crippen LogP contribution in [0.25, 0.3) is 0 Å². The molecule has 0 bridgehead atoms. The molecular formula is C13H19N3O3. The van der Waals surface area contributed by atoms with Crippen LogP contribution in [0, 0.1) is 0 Å². The summed E-state index contributed by atoms with van der Waals surface area (Å²) in [4.78, 5) is 28.9. The van der Waals surface area contributed by atoms with E-state index in [1.54, 1.807) is 4.90 Å². The molecule has 0 radical (unpaired) electrons. The molecule has 1 heterocycles. The van der Waals surface area contributed by atoms with E-state index in [1.807, 2.05) is 13.8 Å². The topological polar surface area (TPSA) is 82.5 Å². The van der Waals surface area contributed by atoms with Crippen molar-refractivity contribution in [3.8, 4) is 5.75 Å². The van der Waals surface area contributed by atoms with E-state index >= 15 is 0 Å². The highest BCUT2D eigenvalue weighted by Gasteiger charge is 2.13. The lowest BCUT2D eigenvalue weighted by atomic mass is 10.3. The van der Waals surface area contributed by atoms with Crippen LogP contribution in [0.1, 0.15) is 30.8 Å². The highest BCUT2D eigenvalue weighted by molar-refractivity contribution is 5.94. The standard InChI is InChI=1S/C13H19N3O3/c1-3-16(4-2)11(18)7-9-15-13(19)12-10(17)6-5-8-14-12/h5-6,8,17H,3-4,7,9H2,1-2H3,(H,15,19). The van der Waals surface area contributed by atoms with E-state index in [9.17, 15) is 14.7 Å². The minimum absolute atomic E-state index is 0.00413. The highest BCUT2D eigenvalue weighted by atomic mass is 16.3. The molecule has 0 saturated carbocycles. The van der Waals surface area contributed by atoms with E-state index < -0.39 is 5.91 Å². The van der Waals surface area contributed by atoms with Crippen LogP contribution >= 0.6 is 0 Å². The minimum atomic E-state index is -0.481. The van der Waals surface area contributed by atoms with Crippen molar-refractivity contribution in [2.24, 2.45) is 0 Å². The molecule has 19 heavy (non-hydrogen) atoms. The van der Waals surface area contributed by atoms with Crippen LogP contribution in [-0.2, 0) is 4.79 Å². The molecule has 6 nitrogen and oxygen atoms in total. The average molecular weight is 265 g/mol. The maximum atomic E-state index is 11.7. The van der Waals surface area contributed by atoms with Gasteiger partial charge in [0.2, 0.25) is 5.91 Å². The second-order valence-electron chi connectivity index (χ2n) is 3.94. The Morgan fingerprint density at radius 1 is 1.37 bits per heavy atom. The van der Waals surface area contributed by atoms with Crippen LogP contribution in [-0.4, -0.2) is 46.4 Å². The maximum absolute atomic E-state index is 11.7. The summed E-state index contributed by atoms with van der Waals surface area (Å²) in [5.41, 5.74) is -0.0298. The van der Waals surface area contributed by atoms with Crippen molar-refractivity contribution in [1.29, 1.82) is 0 Å². The van der Waals surface area contributed by atoms with Gasteiger partial charge in [-0.25, -0.2) is 4.98 Å². The normalized spacial score (nSPS) is 10.0. The van der Waals surface area contributed by atoms with Crippen molar-refractivity contribution in [1.82, 2.24) is 15.2 Å². The second-order valence-corrected chi connectivity index (χ2v) is 3.94. The van der Waals surface area contributed by atoms with Gasteiger partial charge in [0.15, 0.2) is 5.69 Å². The molecule has 0 aliphatic heterocycles. The van der Waals surface area contributed by atoms with Gasteiger partial charge in [0, 0.05) is 32.3 Å². The number of hydrogen-bond acceptors (Lipinski definition) is 4. The van der Waals surface area contributed by atoms with Crippen LogP contribution in [0.4, 0.5) is 0 Å². The number of aromatic nitrogens is 1. The first kappa shape index (κ1) is 14.9. The van der Waals surface area contributed by atoms with Gasteiger partial charge in [-0.3, -0.25) is 9.59 Å². The van der Waals surface area contributed by atoms with Gasteiger partial charge < -0.3 is 15.3 Å². The summed E-state index contributed by atoms with van der Waals surface area (Å²) in [7, 11) is 0. The van der Waals surface area contributed by atoms with Crippen LogP contribution in [0.2, 0.25) is 0 Å². The number of pyridine rings is 1. The van der Waals surface area contributed by atoms with E-state index in [2.05, 4.69) is 10.3 Å². The molecule has 0 atom stereocenters. The average Bonchev–Trinajstić information content (AvgIpc) is 2.40. The molecule has 6 heteroatoms. The number of aromatic hydroxyl groups is 1. The first-order valence-electron chi connectivity index (χ1n) is 6.30. The SMILES string of the molecule is CCN(CC)C(=O)CCNC(=O)c1ncccc1O. The molecule has 0 unspecified atom stereocenters.